The Balaban J connectivity index is 0.000000158. The third kappa shape index (κ3) is 8.95. The van der Waals surface area contributed by atoms with Crippen molar-refractivity contribution in [1.82, 2.24) is 0 Å². The van der Waals surface area contributed by atoms with E-state index in [9.17, 15) is 4.79 Å². The lowest BCUT2D eigenvalue weighted by atomic mass is 10.0. The maximum absolute atomic E-state index is 10.1. The Morgan fingerprint density at radius 3 is 1.85 bits per heavy atom. The molecule has 3 unspecified atom stereocenters. The third-order valence-electron chi connectivity index (χ3n) is 6.30. The van der Waals surface area contributed by atoms with E-state index < -0.39 is 0 Å². The minimum atomic E-state index is 0.296. The van der Waals surface area contributed by atoms with Crippen LogP contribution in [0.3, 0.4) is 0 Å². The molecule has 9 heteroatoms. The van der Waals surface area contributed by atoms with Gasteiger partial charge in [-0.25, -0.2) is 4.79 Å². The Labute approximate surface area is 227 Å². The zero-order valence-electron chi connectivity index (χ0n) is 21.4. The number of aliphatic imine (C=N–C) groups is 1. The summed E-state index contributed by atoms with van der Waals surface area (Å²) in [7, 11) is 0. The summed E-state index contributed by atoms with van der Waals surface area (Å²) in [4.78, 5) is 16.0. The average Bonchev–Trinajstić information content (AvgIpc) is 3.81. The highest BCUT2D eigenvalue weighted by Gasteiger charge is 2.31. The van der Waals surface area contributed by atoms with Crippen LogP contribution in [-0.4, -0.2) is 63.9 Å². The van der Waals surface area contributed by atoms with Gasteiger partial charge in [0.25, 0.3) is 6.26 Å². The molecule has 0 spiro atoms. The number of rotatable bonds is 12. The average molecular weight is 528 g/mol. The van der Waals surface area contributed by atoms with Crippen LogP contribution in [0.5, 0.6) is 11.5 Å². The summed E-state index contributed by atoms with van der Waals surface area (Å²) in [5, 5.41) is 8.39. The number of anilines is 1. The molecule has 39 heavy (non-hydrogen) atoms. The molecule has 3 aliphatic rings. The lowest BCUT2D eigenvalue weighted by Gasteiger charge is -2.23. The number of carbonyl (C=O) groups excluding carboxylic acids is 1. The van der Waals surface area contributed by atoms with Crippen molar-refractivity contribution in [3.05, 3.63) is 83.9 Å². The number of nitrogens with zero attached hydrogens (tertiary/aromatic N) is 3. The first-order chi connectivity index (χ1) is 19.2. The molecule has 200 valence electrons. The van der Waals surface area contributed by atoms with Crippen molar-refractivity contribution in [3.63, 3.8) is 0 Å². The van der Waals surface area contributed by atoms with Crippen molar-refractivity contribution in [2.45, 2.75) is 24.7 Å². The van der Waals surface area contributed by atoms with E-state index in [-0.39, 0.29) is 0 Å². The molecule has 3 atom stereocenters. The van der Waals surface area contributed by atoms with Crippen LogP contribution < -0.4 is 14.4 Å². The molecule has 3 fully saturated rings. The van der Waals surface area contributed by atoms with Crippen LogP contribution in [0.25, 0.3) is 0 Å². The van der Waals surface area contributed by atoms with Crippen LogP contribution in [-0.2, 0) is 25.4 Å². The molecule has 0 aromatic heterocycles. The molecular weight excluding hydrogens is 498 g/mol. The van der Waals surface area contributed by atoms with Gasteiger partial charge in [0, 0.05) is 18.8 Å². The van der Waals surface area contributed by atoms with E-state index in [1.54, 1.807) is 30.5 Å². The second-order valence-corrected chi connectivity index (χ2v) is 9.46. The summed E-state index contributed by atoms with van der Waals surface area (Å²) in [6.45, 7) is 5.12. The molecule has 0 aliphatic carbocycles. The Bertz CT molecular complexity index is 1270. The highest BCUT2D eigenvalue weighted by atomic mass is 16.6. The summed E-state index contributed by atoms with van der Waals surface area (Å²) in [6.07, 6.45) is 4.97. The molecule has 0 radical (unpaired) electrons. The van der Waals surface area contributed by atoms with Crippen molar-refractivity contribution >= 4 is 17.5 Å². The molecular formula is C30H29N3O6. The van der Waals surface area contributed by atoms with Crippen LogP contribution >= 0.6 is 0 Å². The molecule has 3 heterocycles. The predicted octanol–water partition coefficient (Wildman–Crippen LogP) is 4.17. The number of epoxide rings is 3. The molecule has 3 saturated heterocycles. The number of hydrogen-bond donors (Lipinski definition) is 0. The molecule has 0 bridgehead atoms. The highest BCUT2D eigenvalue weighted by Crippen LogP contribution is 2.25. The van der Waals surface area contributed by atoms with Crippen molar-refractivity contribution in [2.75, 3.05) is 44.4 Å². The van der Waals surface area contributed by atoms with Crippen LogP contribution in [0.2, 0.25) is 0 Å². The van der Waals surface area contributed by atoms with Crippen LogP contribution in [0.15, 0.2) is 77.8 Å². The van der Waals surface area contributed by atoms with Gasteiger partial charge in [-0.05, 0) is 66.1 Å². The van der Waals surface area contributed by atoms with Gasteiger partial charge in [0.1, 0.15) is 24.2 Å². The Morgan fingerprint density at radius 1 is 0.795 bits per heavy atom. The first-order valence-electron chi connectivity index (χ1n) is 12.8. The van der Waals surface area contributed by atoms with Gasteiger partial charge in [0.2, 0.25) is 6.08 Å². The molecule has 0 N–H and O–H groups in total. The molecule has 6 rings (SSSR count). The molecule has 3 aromatic carbocycles. The standard InChI is InChI=1S/C15H10N2O2.C15H19NO4/c16-10-19-15-7-3-13(4-8-15)9-12-1-5-14(6-2-12)17-11-18;1-3-12(17-9-15-10-20-15)4-2-11(1)16(5-13-7-18-13)6-14-8-19-14/h1-8H,9H2;1-4,13-15H,5-10H2. The third-order valence-corrected chi connectivity index (χ3v) is 6.30. The van der Waals surface area contributed by atoms with Crippen LogP contribution in [0.4, 0.5) is 11.4 Å². The van der Waals surface area contributed by atoms with Gasteiger partial charge in [-0.15, -0.1) is 5.26 Å². The van der Waals surface area contributed by atoms with E-state index in [0.29, 0.717) is 36.4 Å². The zero-order valence-corrected chi connectivity index (χ0v) is 21.4. The second kappa shape index (κ2) is 13.1. The van der Waals surface area contributed by atoms with Gasteiger partial charge in [-0.3, -0.25) is 0 Å². The van der Waals surface area contributed by atoms with Gasteiger partial charge in [0.15, 0.2) is 0 Å². The molecule has 3 aromatic rings. The highest BCUT2D eigenvalue weighted by molar-refractivity contribution is 5.50. The zero-order chi connectivity index (χ0) is 26.9. The fraction of sp³-hybridized carbons (Fsp3) is 0.333. The molecule has 3 aliphatic heterocycles. The Kier molecular flexibility index (Phi) is 8.84. The topological polar surface area (TPSA) is 113 Å². The molecule has 0 amide bonds. The number of hydrogen-bond acceptors (Lipinski definition) is 9. The normalized spacial score (nSPS) is 19.8. The SMILES string of the molecule is N#COc1ccc(Cc2ccc(N=C=O)cc2)cc1.c1cc(N(CC2CO2)CC2CO2)ccc1OCC1CO1. The first kappa shape index (κ1) is 26.4. The number of nitriles is 1. The monoisotopic (exact) mass is 527 g/mol. The van der Waals surface area contributed by atoms with Crippen molar-refractivity contribution in [2.24, 2.45) is 4.99 Å². The fourth-order valence-electron chi connectivity index (χ4n) is 3.94. The lowest BCUT2D eigenvalue weighted by Crippen LogP contribution is -2.31. The number of ether oxygens (including phenoxy) is 5. The molecule has 0 saturated carbocycles. The van der Waals surface area contributed by atoms with E-state index in [2.05, 4.69) is 22.0 Å². The van der Waals surface area contributed by atoms with Gasteiger partial charge < -0.3 is 28.6 Å². The summed E-state index contributed by atoms with van der Waals surface area (Å²) >= 11 is 0. The quantitative estimate of drug-likeness (QED) is 0.149. The van der Waals surface area contributed by atoms with Crippen molar-refractivity contribution < 1.29 is 28.5 Å². The minimum absolute atomic E-state index is 0.296. The van der Waals surface area contributed by atoms with Gasteiger partial charge in [-0.2, -0.15) is 4.99 Å². The summed E-state index contributed by atoms with van der Waals surface area (Å²) < 4.78 is 26.2. The van der Waals surface area contributed by atoms with Gasteiger partial charge >= 0.3 is 0 Å². The van der Waals surface area contributed by atoms with Crippen LogP contribution in [0, 0.1) is 11.5 Å². The van der Waals surface area contributed by atoms with E-state index >= 15 is 0 Å². The molecule has 9 nitrogen and oxygen atoms in total. The van der Waals surface area contributed by atoms with E-state index in [1.165, 1.54) is 11.8 Å². The summed E-state index contributed by atoms with van der Waals surface area (Å²) in [5.74, 6) is 1.43. The minimum Gasteiger partial charge on any atom is -0.491 e. The lowest BCUT2D eigenvalue weighted by molar-refractivity contribution is 0.263. The maximum Gasteiger partial charge on any atom is 0.292 e. The van der Waals surface area contributed by atoms with Crippen LogP contribution in [0.1, 0.15) is 11.1 Å². The summed E-state index contributed by atoms with van der Waals surface area (Å²) in [6, 6.07) is 22.9. The van der Waals surface area contributed by atoms with Crippen molar-refractivity contribution in [3.8, 4) is 17.8 Å². The first-order valence-corrected chi connectivity index (χ1v) is 12.8. The smallest absolute Gasteiger partial charge is 0.292 e. The Morgan fingerprint density at radius 2 is 1.33 bits per heavy atom. The summed E-state index contributed by atoms with van der Waals surface area (Å²) in [5.41, 5.74) is 4.01. The largest absolute Gasteiger partial charge is 0.491 e. The fourth-order valence-corrected chi connectivity index (χ4v) is 3.94. The van der Waals surface area contributed by atoms with Gasteiger partial charge in [-0.1, -0.05) is 24.3 Å². The van der Waals surface area contributed by atoms with Crippen molar-refractivity contribution in [1.29, 1.82) is 5.26 Å². The van der Waals surface area contributed by atoms with E-state index in [1.807, 2.05) is 36.4 Å². The van der Waals surface area contributed by atoms with E-state index in [4.69, 9.17) is 28.9 Å². The Hall–Kier alpha value is -4.19. The second-order valence-electron chi connectivity index (χ2n) is 9.46. The van der Waals surface area contributed by atoms with E-state index in [0.717, 1.165) is 56.2 Å². The van der Waals surface area contributed by atoms with Gasteiger partial charge in [0.05, 0.1) is 37.7 Å². The maximum atomic E-state index is 10.1. The predicted molar refractivity (Wildman–Crippen MR) is 143 cm³/mol. The number of isocyanates is 1. The number of benzene rings is 3.